The number of rotatable bonds is 21. The number of benzene rings is 6. The third kappa shape index (κ3) is 15.8. The van der Waals surface area contributed by atoms with Gasteiger partial charge < -0.3 is 33.3 Å². The van der Waals surface area contributed by atoms with Crippen LogP contribution in [0.2, 0.25) is 0 Å². The lowest BCUT2D eigenvalue weighted by Crippen LogP contribution is -2.06. The molecular weight excluding hydrogens is 1140 g/mol. The summed E-state index contributed by atoms with van der Waals surface area (Å²) < 4.78 is 4.48. The Balaban J connectivity index is 0.00000173. The molecule has 10 rings (SSSR count). The Labute approximate surface area is 510 Å². The van der Waals surface area contributed by atoms with Gasteiger partial charge in [-0.2, -0.15) is 5.90 Å². The van der Waals surface area contributed by atoms with Crippen LogP contribution in [0, 0.1) is 0 Å². The van der Waals surface area contributed by atoms with Crippen LogP contribution in [-0.4, -0.2) is 61.8 Å². The largest absolute Gasteiger partial charge is 0.374 e. The highest BCUT2D eigenvalue weighted by Gasteiger charge is 2.19. The topological polar surface area (TPSA) is 217 Å². The van der Waals surface area contributed by atoms with E-state index >= 15 is 0 Å². The molecule has 4 heterocycles. The molecule has 444 valence electrons. The van der Waals surface area contributed by atoms with E-state index in [-0.39, 0.29) is 0 Å². The first kappa shape index (κ1) is 61.9. The molecule has 0 amide bonds. The van der Waals surface area contributed by atoms with Gasteiger partial charge in [-0.05, 0) is 157 Å². The van der Waals surface area contributed by atoms with Crippen molar-refractivity contribution in [2.75, 3.05) is 0 Å². The monoisotopic (exact) mass is 1200 g/mol. The summed E-state index contributed by atoms with van der Waals surface area (Å²) in [6, 6.07) is 50.3. The third-order valence-corrected chi connectivity index (χ3v) is 16.0. The molecule has 6 aromatic carbocycles. The van der Waals surface area contributed by atoms with E-state index in [0.29, 0.717) is 35.7 Å². The zero-order chi connectivity index (χ0) is 61.6. The quantitative estimate of drug-likeness (QED) is 0.0309. The van der Waals surface area contributed by atoms with Crippen LogP contribution in [0.25, 0.3) is 55.0 Å². The molecule has 4 aromatic heterocycles. The lowest BCUT2D eigenvalue weighted by Gasteiger charge is -2.11. The minimum atomic E-state index is -0.500. The third-order valence-electron chi connectivity index (χ3n) is 14.3. The van der Waals surface area contributed by atoms with Crippen LogP contribution in [0.1, 0.15) is 130 Å². The summed E-state index contributed by atoms with van der Waals surface area (Å²) >= 11 is 3.47. The molecule has 0 aliphatic heterocycles. The van der Waals surface area contributed by atoms with Gasteiger partial charge in [0, 0.05) is 101 Å². The fourth-order valence-corrected chi connectivity index (χ4v) is 11.7. The molecule has 0 atom stereocenters. The summed E-state index contributed by atoms with van der Waals surface area (Å²) in [7, 11) is 0. The molecule has 0 unspecified atom stereocenters. The number of thiophene rings is 2. The van der Waals surface area contributed by atoms with E-state index in [1.807, 2.05) is 60.7 Å². The van der Waals surface area contributed by atoms with E-state index in [4.69, 9.17) is 19.4 Å². The van der Waals surface area contributed by atoms with Crippen molar-refractivity contribution in [1.82, 2.24) is 9.13 Å². The molecule has 0 saturated heterocycles. The van der Waals surface area contributed by atoms with Crippen molar-refractivity contribution >= 4 is 119 Å². The first-order valence-electron chi connectivity index (χ1n) is 28.2. The smallest absolute Gasteiger partial charge is 0.331 e. The van der Waals surface area contributed by atoms with Crippen molar-refractivity contribution in [1.29, 1.82) is 0 Å². The van der Waals surface area contributed by atoms with Crippen LogP contribution in [0.15, 0.2) is 177 Å². The minimum Gasteiger partial charge on any atom is -0.374 e. The van der Waals surface area contributed by atoms with Gasteiger partial charge >= 0.3 is 29.8 Å². The number of fused-ring (bicyclic) bond motifs is 6. The second-order valence-corrected chi connectivity index (χ2v) is 22.8. The number of hydrogen-bond acceptors (Lipinski definition) is 17. The highest BCUT2D eigenvalue weighted by atomic mass is 32.1. The van der Waals surface area contributed by atoms with Crippen LogP contribution in [0.4, 0.5) is 0 Å². The molecule has 0 saturated carbocycles. The van der Waals surface area contributed by atoms with Crippen molar-refractivity contribution in [2.45, 2.75) is 99.8 Å². The van der Waals surface area contributed by atoms with E-state index in [9.17, 15) is 24.0 Å². The minimum absolute atomic E-state index is 0.468. The predicted molar refractivity (Wildman–Crippen MR) is 344 cm³/mol. The number of unbranched alkanes of at least 4 members (excludes halogenated alkanes) is 3. The SMILES string of the molecule is CC(=O)ON.CC(=O)ON=C(C)c1ccc(-n2c3ccc(Cc4cccs4)cc3c3cc(C(CCCCCC/C(=N\OC(C)=O)c4ccc5c(c4)c4cc(Cc6cccs6)ccc4n5-c4ccc(/C(C)=N/OC(C)=O)cc4)=NOC(C)=O)ccc32)cc1. The molecular formula is C68H65N7O10S2. The number of nitrogens with zero attached hydrogens (tertiary/aromatic N) is 6. The van der Waals surface area contributed by atoms with Crippen LogP contribution in [-0.2, 0) is 61.0 Å². The summed E-state index contributed by atoms with van der Waals surface area (Å²) in [6.07, 6.45) is 5.97. The van der Waals surface area contributed by atoms with Gasteiger partial charge in [-0.3, -0.25) is 4.79 Å². The molecule has 19 heteroatoms. The van der Waals surface area contributed by atoms with Gasteiger partial charge in [0.2, 0.25) is 0 Å². The molecule has 0 fully saturated rings. The average molecular weight is 1200 g/mol. The van der Waals surface area contributed by atoms with E-state index in [0.717, 1.165) is 116 Å². The molecule has 87 heavy (non-hydrogen) atoms. The molecule has 0 aliphatic rings. The molecule has 0 spiro atoms. The van der Waals surface area contributed by atoms with Gasteiger partial charge in [0.25, 0.3) is 0 Å². The van der Waals surface area contributed by atoms with Crippen molar-refractivity contribution in [3.05, 3.63) is 199 Å². The molecule has 17 nitrogen and oxygen atoms in total. The summed E-state index contributed by atoms with van der Waals surface area (Å²) in [4.78, 5) is 83.5. The number of hydrogen-bond donors (Lipinski definition) is 1. The standard InChI is InChI=1S/C66H60N6O8S2.C2H5NO2/c1-41(67-77-43(3)73)49-19-25-53(26-20-49)71-63-29-17-47(35-55-13-11-33-81-55)37-57(63)59-39-51(23-31-65(59)71)61(69-79-45(5)75)15-9-7-8-10-16-62(70-80-46(6)76)52-24-32-66-60(40-52)58-38-48(36-56-14-12-34-82-56)18-30-64(58)72(66)54-27-21-50(22-28-54)42(2)68-78-44(4)74;1-2(4)5-3/h11-14,17-34,37-40H,7-10,15-16,35-36H2,1-6H3;3H2,1H3/b67-41+,68-42?,69-61+,70-62?;. The number of oxime groups is 4. The van der Waals surface area contributed by atoms with Gasteiger partial charge in [-0.25, -0.2) is 19.2 Å². The summed E-state index contributed by atoms with van der Waals surface area (Å²) in [6.45, 7) is 10.2. The van der Waals surface area contributed by atoms with Gasteiger partial charge in [0.05, 0.1) is 44.9 Å². The first-order chi connectivity index (χ1) is 42.0. The maximum atomic E-state index is 12.2. The van der Waals surface area contributed by atoms with Crippen LogP contribution in [0.5, 0.6) is 0 Å². The van der Waals surface area contributed by atoms with Gasteiger partial charge in [0.15, 0.2) is 0 Å². The lowest BCUT2D eigenvalue weighted by atomic mass is 9.98. The zero-order valence-electron chi connectivity index (χ0n) is 49.3. The Kier molecular flexibility index (Phi) is 20.6. The molecule has 10 aromatic rings. The van der Waals surface area contributed by atoms with Crippen molar-refractivity contribution in [3.63, 3.8) is 0 Å². The number of carbonyl (C=O) groups excluding carboxylic acids is 5. The highest BCUT2D eigenvalue weighted by molar-refractivity contribution is 7.10. The Morgan fingerprint density at radius 2 is 0.736 bits per heavy atom. The van der Waals surface area contributed by atoms with Crippen LogP contribution >= 0.6 is 22.7 Å². The number of nitrogens with two attached hydrogens (primary N) is 1. The first-order valence-corrected chi connectivity index (χ1v) is 30.0. The summed E-state index contributed by atoms with van der Waals surface area (Å²) in [5, 5.41) is 25.2. The highest BCUT2D eigenvalue weighted by Crippen LogP contribution is 2.37. The van der Waals surface area contributed by atoms with E-state index in [1.165, 1.54) is 55.5 Å². The molecule has 0 aliphatic carbocycles. The van der Waals surface area contributed by atoms with Crippen molar-refractivity contribution in [3.8, 4) is 11.4 Å². The number of carbonyl (C=O) groups is 5. The molecule has 0 bridgehead atoms. The predicted octanol–water partition coefficient (Wildman–Crippen LogP) is 14.8. The molecule has 2 N–H and O–H groups in total. The Bertz CT molecular complexity index is 4000. The Morgan fingerprint density at radius 3 is 1.07 bits per heavy atom. The van der Waals surface area contributed by atoms with E-state index in [1.54, 1.807) is 36.5 Å². The van der Waals surface area contributed by atoms with Gasteiger partial charge in [0.1, 0.15) is 0 Å². The fraction of sp³-hybridized carbons (Fsp3) is 0.221. The van der Waals surface area contributed by atoms with Gasteiger partial charge in [-0.1, -0.05) is 94.1 Å². The maximum Gasteiger partial charge on any atom is 0.331 e. The van der Waals surface area contributed by atoms with Gasteiger partial charge in [-0.15, -0.1) is 22.7 Å². The zero-order valence-corrected chi connectivity index (χ0v) is 51.0. The van der Waals surface area contributed by atoms with Crippen LogP contribution in [0.3, 0.4) is 0 Å². The fourth-order valence-electron chi connectivity index (χ4n) is 10.2. The van der Waals surface area contributed by atoms with Crippen molar-refractivity contribution in [2.24, 2.45) is 26.5 Å². The second kappa shape index (κ2) is 28.9. The summed E-state index contributed by atoms with van der Waals surface area (Å²) in [5.41, 5.74) is 14.2. The van der Waals surface area contributed by atoms with Crippen LogP contribution < -0.4 is 5.90 Å². The van der Waals surface area contributed by atoms with E-state index < -0.39 is 29.8 Å². The summed E-state index contributed by atoms with van der Waals surface area (Å²) in [5.74, 6) is 1.89. The average Bonchev–Trinajstić information content (AvgIpc) is 1.67. The lowest BCUT2D eigenvalue weighted by molar-refractivity contribution is -0.142. The Hall–Kier alpha value is -9.69. The Morgan fingerprint density at radius 1 is 0.402 bits per heavy atom. The molecule has 0 radical (unpaired) electrons. The second-order valence-electron chi connectivity index (χ2n) is 20.7. The number of aromatic nitrogens is 2. The van der Waals surface area contributed by atoms with Crippen molar-refractivity contribution < 1.29 is 48.2 Å². The van der Waals surface area contributed by atoms with E-state index in [2.05, 4.69) is 136 Å². The maximum absolute atomic E-state index is 12.2. The normalized spacial score (nSPS) is 12.1.